The van der Waals surface area contributed by atoms with Gasteiger partial charge in [-0.05, 0) is 56.2 Å². The highest BCUT2D eigenvalue weighted by atomic mass is 35.5. The fourth-order valence-corrected chi connectivity index (χ4v) is 2.91. The molecule has 0 spiro atoms. The summed E-state index contributed by atoms with van der Waals surface area (Å²) in [7, 11) is 0. The number of nitrogens with one attached hydrogen (secondary N) is 1. The summed E-state index contributed by atoms with van der Waals surface area (Å²) in [6, 6.07) is 11.9. The minimum atomic E-state index is -0.801. The molecule has 7 heteroatoms. The van der Waals surface area contributed by atoms with Crippen LogP contribution in [0.1, 0.15) is 24.1 Å². The maximum atomic E-state index is 12.5. The van der Waals surface area contributed by atoms with Crippen LogP contribution in [-0.2, 0) is 4.79 Å². The molecule has 0 bridgehead atoms. The predicted octanol–water partition coefficient (Wildman–Crippen LogP) is 3.78. The van der Waals surface area contributed by atoms with Gasteiger partial charge in [0.25, 0.3) is 0 Å². The number of aromatic nitrogens is 3. The molecular weight excluding hydrogens is 364 g/mol. The molecule has 0 radical (unpaired) electrons. The maximum absolute atomic E-state index is 12.5. The Hall–Kier alpha value is -2.99. The summed E-state index contributed by atoms with van der Waals surface area (Å²) in [6.07, 6.45) is 1.46. The molecule has 0 saturated heterocycles. The number of carbonyl (C=O) groups excluding carboxylic acids is 1. The standard InChI is InChI=1S/C20H19ClN4O2/c1-12-8-13(2)10-17(9-12)23-19(26)14(3)25-20(27)24-18(11-22-25)15-4-6-16(21)7-5-15/h4-11,14H,1-3H3,(H,23,26). The van der Waals surface area contributed by atoms with Gasteiger partial charge in [0.05, 0.1) is 11.9 Å². The van der Waals surface area contributed by atoms with E-state index in [1.165, 1.54) is 6.20 Å². The lowest BCUT2D eigenvalue weighted by Crippen LogP contribution is -2.34. The Labute approximate surface area is 161 Å². The van der Waals surface area contributed by atoms with Crippen molar-refractivity contribution in [2.45, 2.75) is 26.8 Å². The van der Waals surface area contributed by atoms with Gasteiger partial charge in [0.2, 0.25) is 5.91 Å². The van der Waals surface area contributed by atoms with Crippen molar-refractivity contribution in [1.29, 1.82) is 0 Å². The van der Waals surface area contributed by atoms with E-state index in [-0.39, 0.29) is 5.91 Å². The van der Waals surface area contributed by atoms with Crippen LogP contribution < -0.4 is 11.0 Å². The maximum Gasteiger partial charge on any atom is 0.365 e. The number of carbonyl (C=O) groups is 1. The molecule has 6 nitrogen and oxygen atoms in total. The number of hydrogen-bond acceptors (Lipinski definition) is 4. The van der Waals surface area contributed by atoms with Crippen LogP contribution >= 0.6 is 11.6 Å². The second-order valence-electron chi connectivity index (χ2n) is 6.42. The first kappa shape index (κ1) is 18.8. The summed E-state index contributed by atoms with van der Waals surface area (Å²) in [6.45, 7) is 5.52. The van der Waals surface area contributed by atoms with Crippen LogP contribution in [-0.4, -0.2) is 20.7 Å². The number of benzene rings is 2. The predicted molar refractivity (Wildman–Crippen MR) is 106 cm³/mol. The Morgan fingerprint density at radius 1 is 1.11 bits per heavy atom. The summed E-state index contributed by atoms with van der Waals surface area (Å²) in [5, 5.41) is 7.54. The summed E-state index contributed by atoms with van der Waals surface area (Å²) >= 11 is 5.87. The van der Waals surface area contributed by atoms with Crippen LogP contribution in [0.15, 0.2) is 53.5 Å². The summed E-state index contributed by atoms with van der Waals surface area (Å²) < 4.78 is 1.07. The van der Waals surface area contributed by atoms with Crippen LogP contribution in [0.4, 0.5) is 5.69 Å². The third-order valence-electron chi connectivity index (χ3n) is 4.09. The molecule has 1 atom stereocenters. The zero-order valence-electron chi connectivity index (χ0n) is 15.2. The third-order valence-corrected chi connectivity index (χ3v) is 4.34. The fourth-order valence-electron chi connectivity index (χ4n) is 2.78. The number of nitrogens with zero attached hydrogens (tertiary/aromatic N) is 3. The second-order valence-corrected chi connectivity index (χ2v) is 6.85. The average Bonchev–Trinajstić information content (AvgIpc) is 2.60. The zero-order chi connectivity index (χ0) is 19.6. The first-order valence-corrected chi connectivity index (χ1v) is 8.82. The van der Waals surface area contributed by atoms with Crippen LogP contribution in [0.2, 0.25) is 5.02 Å². The van der Waals surface area contributed by atoms with Crippen molar-refractivity contribution in [3.63, 3.8) is 0 Å². The van der Waals surface area contributed by atoms with Gasteiger partial charge in [0, 0.05) is 16.3 Å². The lowest BCUT2D eigenvalue weighted by atomic mass is 10.1. The molecule has 0 aliphatic heterocycles. The molecule has 0 aliphatic carbocycles. The molecule has 0 aliphatic rings. The molecule has 1 unspecified atom stereocenters. The number of amides is 1. The van der Waals surface area contributed by atoms with E-state index in [0.717, 1.165) is 21.4 Å². The quantitative estimate of drug-likeness (QED) is 0.745. The number of rotatable bonds is 4. The molecule has 27 heavy (non-hydrogen) atoms. The molecule has 1 amide bonds. The van der Waals surface area contributed by atoms with E-state index in [1.807, 2.05) is 32.0 Å². The molecular formula is C20H19ClN4O2. The van der Waals surface area contributed by atoms with Crippen LogP contribution in [0.5, 0.6) is 0 Å². The Morgan fingerprint density at radius 2 is 1.74 bits per heavy atom. The van der Waals surface area contributed by atoms with Gasteiger partial charge in [-0.2, -0.15) is 10.1 Å². The molecule has 0 fully saturated rings. The van der Waals surface area contributed by atoms with Crippen molar-refractivity contribution >= 4 is 23.2 Å². The highest BCUT2D eigenvalue weighted by Gasteiger charge is 2.19. The Kier molecular flexibility index (Phi) is 5.37. The molecule has 1 heterocycles. The highest BCUT2D eigenvalue weighted by Crippen LogP contribution is 2.18. The Morgan fingerprint density at radius 3 is 2.33 bits per heavy atom. The van der Waals surface area contributed by atoms with Crippen molar-refractivity contribution in [2.24, 2.45) is 0 Å². The summed E-state index contributed by atoms with van der Waals surface area (Å²) in [5.41, 5.74) is 3.33. The zero-order valence-corrected chi connectivity index (χ0v) is 16.0. The molecule has 2 aromatic carbocycles. The van der Waals surface area contributed by atoms with E-state index >= 15 is 0 Å². The van der Waals surface area contributed by atoms with Gasteiger partial charge in [-0.15, -0.1) is 0 Å². The van der Waals surface area contributed by atoms with Gasteiger partial charge < -0.3 is 5.32 Å². The van der Waals surface area contributed by atoms with Crippen LogP contribution in [0.25, 0.3) is 11.3 Å². The van der Waals surface area contributed by atoms with Crippen molar-refractivity contribution in [3.05, 3.63) is 75.3 Å². The molecule has 3 rings (SSSR count). The number of aryl methyl sites for hydroxylation is 2. The second kappa shape index (κ2) is 7.72. The number of anilines is 1. The molecule has 1 aromatic heterocycles. The van der Waals surface area contributed by atoms with Crippen molar-refractivity contribution in [1.82, 2.24) is 14.8 Å². The lowest BCUT2D eigenvalue weighted by Gasteiger charge is -2.14. The average molecular weight is 383 g/mol. The molecule has 1 N–H and O–H groups in total. The topological polar surface area (TPSA) is 76.9 Å². The SMILES string of the molecule is Cc1cc(C)cc(NC(=O)C(C)n2ncc(-c3ccc(Cl)cc3)nc2=O)c1. The number of halogens is 1. The summed E-state index contributed by atoms with van der Waals surface area (Å²) in [5.74, 6) is -0.337. The van der Waals surface area contributed by atoms with E-state index in [0.29, 0.717) is 16.4 Å². The largest absolute Gasteiger partial charge is 0.365 e. The Bertz CT molecular complexity index is 1020. The first-order valence-electron chi connectivity index (χ1n) is 8.44. The third kappa shape index (κ3) is 4.41. The van der Waals surface area contributed by atoms with E-state index in [1.54, 1.807) is 31.2 Å². The minimum absolute atomic E-state index is 0.337. The van der Waals surface area contributed by atoms with Crippen molar-refractivity contribution in [2.75, 3.05) is 5.32 Å². The fraction of sp³-hybridized carbons (Fsp3) is 0.200. The van der Waals surface area contributed by atoms with Crippen LogP contribution in [0.3, 0.4) is 0 Å². The van der Waals surface area contributed by atoms with Crippen LogP contribution in [0, 0.1) is 13.8 Å². The van der Waals surface area contributed by atoms with E-state index in [9.17, 15) is 9.59 Å². The molecule has 138 valence electrons. The minimum Gasteiger partial charge on any atom is -0.324 e. The van der Waals surface area contributed by atoms with Gasteiger partial charge in [0.1, 0.15) is 6.04 Å². The first-order chi connectivity index (χ1) is 12.8. The highest BCUT2D eigenvalue weighted by molar-refractivity contribution is 6.30. The van der Waals surface area contributed by atoms with Gasteiger partial charge >= 0.3 is 5.69 Å². The molecule has 0 saturated carbocycles. The van der Waals surface area contributed by atoms with Crippen molar-refractivity contribution < 1.29 is 4.79 Å². The van der Waals surface area contributed by atoms with Gasteiger partial charge in [-0.3, -0.25) is 4.79 Å². The monoisotopic (exact) mass is 382 g/mol. The van der Waals surface area contributed by atoms with Gasteiger partial charge in [-0.25, -0.2) is 9.48 Å². The summed E-state index contributed by atoms with van der Waals surface area (Å²) in [4.78, 5) is 28.9. The molecule has 3 aromatic rings. The van der Waals surface area contributed by atoms with E-state index < -0.39 is 11.7 Å². The smallest absolute Gasteiger partial charge is 0.324 e. The Balaban J connectivity index is 1.81. The van der Waals surface area contributed by atoms with Crippen molar-refractivity contribution in [3.8, 4) is 11.3 Å². The van der Waals surface area contributed by atoms with Gasteiger partial charge in [0.15, 0.2) is 0 Å². The number of hydrogen-bond donors (Lipinski definition) is 1. The lowest BCUT2D eigenvalue weighted by molar-refractivity contribution is -0.119. The van der Waals surface area contributed by atoms with E-state index in [2.05, 4.69) is 15.4 Å². The normalized spacial score (nSPS) is 11.9. The van der Waals surface area contributed by atoms with Gasteiger partial charge in [-0.1, -0.05) is 29.8 Å². The van der Waals surface area contributed by atoms with E-state index in [4.69, 9.17) is 11.6 Å².